The lowest BCUT2D eigenvalue weighted by molar-refractivity contribution is 0.413. The summed E-state index contributed by atoms with van der Waals surface area (Å²) in [5.41, 5.74) is 11.2. The predicted molar refractivity (Wildman–Crippen MR) is 119 cm³/mol. The first-order valence-corrected chi connectivity index (χ1v) is 10.5. The number of methoxy groups -OCH3 is 1. The van der Waals surface area contributed by atoms with E-state index in [2.05, 4.69) is 15.3 Å². The zero-order valence-corrected chi connectivity index (χ0v) is 17.7. The molecule has 0 aliphatic heterocycles. The van der Waals surface area contributed by atoms with E-state index >= 15 is 0 Å². The van der Waals surface area contributed by atoms with Gasteiger partial charge in [-0.25, -0.2) is 9.37 Å². The maximum absolute atomic E-state index is 13.9. The molecule has 0 aliphatic carbocycles. The number of rotatable bonds is 5. The molecular weight excluding hydrogens is 415 g/mol. The third kappa shape index (κ3) is 3.28. The first-order chi connectivity index (χ1) is 15.1. The highest BCUT2D eigenvalue weighted by Crippen LogP contribution is 2.45. The Labute approximate surface area is 181 Å². The smallest absolute Gasteiger partial charge is 0.129 e. The van der Waals surface area contributed by atoms with Gasteiger partial charge in [0.25, 0.3) is 0 Å². The maximum atomic E-state index is 13.9. The van der Waals surface area contributed by atoms with Crippen molar-refractivity contribution in [2.45, 2.75) is 6.54 Å². The number of aromatic nitrogens is 5. The van der Waals surface area contributed by atoms with Crippen molar-refractivity contribution in [2.24, 2.45) is 12.8 Å². The molecule has 0 bridgehead atoms. The third-order valence-electron chi connectivity index (χ3n) is 5.11. The van der Waals surface area contributed by atoms with Crippen molar-refractivity contribution >= 4 is 21.4 Å². The molecule has 156 valence electrons. The summed E-state index contributed by atoms with van der Waals surface area (Å²) in [6.07, 6.45) is 3.72. The highest BCUT2D eigenvalue weighted by molar-refractivity contribution is 7.18. The van der Waals surface area contributed by atoms with E-state index in [-0.39, 0.29) is 5.82 Å². The number of H-pyrrole nitrogens is 1. The number of benzene rings is 1. The van der Waals surface area contributed by atoms with Gasteiger partial charge in [-0.2, -0.15) is 10.2 Å². The van der Waals surface area contributed by atoms with Crippen LogP contribution in [0, 0.1) is 5.82 Å². The van der Waals surface area contributed by atoms with E-state index in [1.54, 1.807) is 28.3 Å². The molecule has 5 rings (SSSR count). The summed E-state index contributed by atoms with van der Waals surface area (Å²) in [5.74, 6) is 0.0659. The van der Waals surface area contributed by atoms with Crippen molar-refractivity contribution in [3.05, 3.63) is 59.6 Å². The van der Waals surface area contributed by atoms with E-state index in [1.807, 2.05) is 30.8 Å². The van der Waals surface area contributed by atoms with E-state index in [1.165, 1.54) is 19.2 Å². The maximum Gasteiger partial charge on any atom is 0.129 e. The van der Waals surface area contributed by atoms with E-state index in [0.717, 1.165) is 38.2 Å². The second kappa shape index (κ2) is 7.60. The van der Waals surface area contributed by atoms with E-state index in [0.29, 0.717) is 23.7 Å². The van der Waals surface area contributed by atoms with Gasteiger partial charge in [0.1, 0.15) is 23.0 Å². The van der Waals surface area contributed by atoms with E-state index < -0.39 is 0 Å². The second-order valence-corrected chi connectivity index (χ2v) is 7.99. The Kier molecular flexibility index (Phi) is 4.76. The zero-order chi connectivity index (χ0) is 21.5. The molecule has 0 spiro atoms. The minimum Gasteiger partial charge on any atom is -0.496 e. The number of aryl methyl sites for hydroxylation is 1. The van der Waals surface area contributed by atoms with Crippen molar-refractivity contribution in [1.29, 1.82) is 0 Å². The van der Waals surface area contributed by atoms with Crippen LogP contribution in [0.25, 0.3) is 43.9 Å². The van der Waals surface area contributed by atoms with Crippen LogP contribution in [0.2, 0.25) is 0 Å². The molecule has 0 aliphatic rings. The number of nitrogens with two attached hydrogens (primary N) is 1. The number of hydrogen-bond donors (Lipinski definition) is 2. The first-order valence-electron chi connectivity index (χ1n) is 9.58. The summed E-state index contributed by atoms with van der Waals surface area (Å²) < 4.78 is 22.2. The van der Waals surface area contributed by atoms with Crippen LogP contribution < -0.4 is 10.5 Å². The molecule has 4 aromatic heterocycles. The summed E-state index contributed by atoms with van der Waals surface area (Å²) in [5, 5.41) is 14.7. The number of pyridine rings is 1. The molecule has 0 fully saturated rings. The van der Waals surface area contributed by atoms with Crippen molar-refractivity contribution in [3.8, 4) is 39.5 Å². The summed E-state index contributed by atoms with van der Waals surface area (Å²) in [4.78, 5) is 5.03. The number of aromatic amines is 1. The lowest BCUT2D eigenvalue weighted by Crippen LogP contribution is -1.97. The van der Waals surface area contributed by atoms with Crippen molar-refractivity contribution in [2.75, 3.05) is 7.11 Å². The molecule has 7 nitrogen and oxygen atoms in total. The SMILES string of the molecule is COc1cc(F)ccc1-c1c(-c2cc(CN)[nH]n2)nc(-c2cnn(C)c2)c2ccsc12. The molecule has 0 unspecified atom stereocenters. The monoisotopic (exact) mass is 434 g/mol. The highest BCUT2D eigenvalue weighted by Gasteiger charge is 2.23. The minimum absolute atomic E-state index is 0.332. The quantitative estimate of drug-likeness (QED) is 0.429. The number of halogens is 1. The number of hydrogen-bond acceptors (Lipinski definition) is 6. The van der Waals surface area contributed by atoms with Gasteiger partial charge in [0.2, 0.25) is 0 Å². The van der Waals surface area contributed by atoms with Gasteiger partial charge in [0, 0.05) is 58.3 Å². The van der Waals surface area contributed by atoms with Crippen LogP contribution in [0.4, 0.5) is 4.39 Å². The average molecular weight is 435 g/mol. The molecule has 31 heavy (non-hydrogen) atoms. The molecule has 1 aromatic carbocycles. The third-order valence-corrected chi connectivity index (χ3v) is 6.04. The highest BCUT2D eigenvalue weighted by atomic mass is 32.1. The standard InChI is InChI=1S/C22H19FN6OS/c1-29-11-12(10-25-29)20-16-5-6-31-22(16)19(15-4-3-13(23)7-18(15)30-2)21(26-20)17-8-14(9-24)27-28-17/h3-8,10-11H,9,24H2,1-2H3,(H,27,28). The van der Waals surface area contributed by atoms with Crippen LogP contribution in [0.15, 0.2) is 48.1 Å². The number of thiophene rings is 1. The molecule has 0 saturated heterocycles. The predicted octanol–water partition coefficient (Wildman–Crippen LogP) is 4.36. The molecule has 0 saturated carbocycles. The molecule has 0 radical (unpaired) electrons. The molecule has 5 aromatic rings. The van der Waals surface area contributed by atoms with Gasteiger partial charge < -0.3 is 10.5 Å². The lowest BCUT2D eigenvalue weighted by Gasteiger charge is -2.15. The Morgan fingerprint density at radius 1 is 1.23 bits per heavy atom. The van der Waals surface area contributed by atoms with Crippen LogP contribution in [-0.4, -0.2) is 32.1 Å². The minimum atomic E-state index is -0.366. The van der Waals surface area contributed by atoms with Gasteiger partial charge in [-0.3, -0.25) is 9.78 Å². The van der Waals surface area contributed by atoms with E-state index in [9.17, 15) is 4.39 Å². The van der Waals surface area contributed by atoms with Crippen LogP contribution in [0.5, 0.6) is 5.75 Å². The van der Waals surface area contributed by atoms with Crippen LogP contribution in [0.1, 0.15) is 5.69 Å². The largest absolute Gasteiger partial charge is 0.496 e. The van der Waals surface area contributed by atoms with Gasteiger partial charge in [-0.05, 0) is 29.6 Å². The van der Waals surface area contributed by atoms with Crippen molar-refractivity contribution in [3.63, 3.8) is 0 Å². The zero-order valence-electron chi connectivity index (χ0n) is 16.9. The summed E-state index contributed by atoms with van der Waals surface area (Å²) >= 11 is 1.59. The van der Waals surface area contributed by atoms with Gasteiger partial charge in [0.05, 0.1) is 19.0 Å². The van der Waals surface area contributed by atoms with Crippen LogP contribution in [-0.2, 0) is 13.6 Å². The molecule has 0 atom stereocenters. The lowest BCUT2D eigenvalue weighted by atomic mass is 9.97. The average Bonchev–Trinajstić information content (AvgIpc) is 3.53. The summed E-state index contributed by atoms with van der Waals surface area (Å²) in [7, 11) is 3.40. The van der Waals surface area contributed by atoms with E-state index in [4.69, 9.17) is 15.5 Å². The van der Waals surface area contributed by atoms with Gasteiger partial charge in [-0.15, -0.1) is 11.3 Å². The van der Waals surface area contributed by atoms with Crippen molar-refractivity contribution < 1.29 is 9.13 Å². The number of ether oxygens (including phenoxy) is 1. The Hall–Kier alpha value is -3.56. The van der Waals surface area contributed by atoms with Crippen LogP contribution in [0.3, 0.4) is 0 Å². The van der Waals surface area contributed by atoms with Crippen molar-refractivity contribution in [1.82, 2.24) is 25.0 Å². The number of nitrogens with zero attached hydrogens (tertiary/aromatic N) is 4. The molecule has 0 amide bonds. The Bertz CT molecular complexity index is 1400. The fraction of sp³-hybridized carbons (Fsp3) is 0.136. The Morgan fingerprint density at radius 3 is 2.81 bits per heavy atom. The molecular formula is C22H19FN6OS. The Morgan fingerprint density at radius 2 is 2.10 bits per heavy atom. The topological polar surface area (TPSA) is 94.6 Å². The van der Waals surface area contributed by atoms with Gasteiger partial charge in [-0.1, -0.05) is 0 Å². The fourth-order valence-corrected chi connectivity index (χ4v) is 4.64. The van der Waals surface area contributed by atoms with Gasteiger partial charge >= 0.3 is 0 Å². The molecule has 9 heteroatoms. The summed E-state index contributed by atoms with van der Waals surface area (Å²) in [6, 6.07) is 8.44. The summed E-state index contributed by atoms with van der Waals surface area (Å²) in [6.45, 7) is 0.332. The van der Waals surface area contributed by atoms with Gasteiger partial charge in [0.15, 0.2) is 0 Å². The normalized spacial score (nSPS) is 11.4. The molecule has 3 N–H and O–H groups in total. The number of nitrogens with one attached hydrogen (secondary N) is 1. The number of fused-ring (bicyclic) bond motifs is 1. The first kappa shape index (κ1) is 19.4. The van der Waals surface area contributed by atoms with Crippen LogP contribution >= 0.6 is 11.3 Å². The second-order valence-electron chi connectivity index (χ2n) is 7.08. The Balaban J connectivity index is 1.88. The fourth-order valence-electron chi connectivity index (χ4n) is 3.68. The molecule has 4 heterocycles.